The van der Waals surface area contributed by atoms with Crippen molar-refractivity contribution in [2.24, 2.45) is 5.11 Å². The van der Waals surface area contributed by atoms with Crippen molar-refractivity contribution in [3.05, 3.63) is 22.1 Å². The fraction of sp³-hybridized carbons (Fsp3) is 0.667. The molecule has 0 aromatic heterocycles. The molecule has 48 valence electrons. The molecule has 0 fully saturated rings. The number of azide groups is 1. The van der Waals surface area contributed by atoms with Gasteiger partial charge in [-0.15, -0.1) is 0 Å². The molecule has 0 spiro atoms. The van der Waals surface area contributed by atoms with Gasteiger partial charge < -0.3 is 0 Å². The summed E-state index contributed by atoms with van der Waals surface area (Å²) >= 11 is 0. The van der Waals surface area contributed by atoms with Crippen molar-refractivity contribution in [3.63, 3.8) is 0 Å². The lowest BCUT2D eigenvalue weighted by Crippen LogP contribution is -1.89. The first-order chi connectivity index (χ1) is 4.33. The van der Waals surface area contributed by atoms with Crippen LogP contribution < -0.4 is 0 Å². The van der Waals surface area contributed by atoms with E-state index in [0.29, 0.717) is 0 Å². The lowest BCUT2D eigenvalue weighted by molar-refractivity contribution is 0.767. The van der Waals surface area contributed by atoms with Crippen LogP contribution in [0.1, 0.15) is 19.8 Å². The number of nitrogens with zero attached hydrogens (tertiary/aromatic N) is 3. The molecule has 9 heavy (non-hydrogen) atoms. The SMILES string of the molecule is CC1=CC(N=[N+]=[N-])CC1. The topological polar surface area (TPSA) is 48.8 Å². The second kappa shape index (κ2) is 2.55. The standard InChI is InChI=1S/C6H9N3/c1-5-2-3-6(4-5)8-9-7/h4,6H,2-3H2,1H3. The minimum atomic E-state index is 0.134. The maximum atomic E-state index is 8.04. The average Bonchev–Trinajstić information content (AvgIpc) is 2.17. The van der Waals surface area contributed by atoms with Crippen LogP contribution in [-0.4, -0.2) is 6.04 Å². The van der Waals surface area contributed by atoms with Crippen LogP contribution in [-0.2, 0) is 0 Å². The predicted octanol–water partition coefficient (Wildman–Crippen LogP) is 2.41. The Morgan fingerprint density at radius 2 is 2.67 bits per heavy atom. The van der Waals surface area contributed by atoms with Crippen molar-refractivity contribution in [2.75, 3.05) is 0 Å². The highest BCUT2D eigenvalue weighted by Gasteiger charge is 2.09. The van der Waals surface area contributed by atoms with E-state index in [0.717, 1.165) is 12.8 Å². The molecule has 0 radical (unpaired) electrons. The second-order valence-corrected chi connectivity index (χ2v) is 2.32. The first kappa shape index (κ1) is 6.17. The van der Waals surface area contributed by atoms with Crippen molar-refractivity contribution >= 4 is 0 Å². The number of rotatable bonds is 1. The average molecular weight is 123 g/mol. The van der Waals surface area contributed by atoms with Gasteiger partial charge in [-0.2, -0.15) is 0 Å². The van der Waals surface area contributed by atoms with E-state index in [9.17, 15) is 0 Å². The van der Waals surface area contributed by atoms with E-state index in [1.165, 1.54) is 5.57 Å². The minimum absolute atomic E-state index is 0.134. The summed E-state index contributed by atoms with van der Waals surface area (Å²) in [5.74, 6) is 0. The molecule has 0 aliphatic heterocycles. The molecule has 3 heteroatoms. The van der Waals surface area contributed by atoms with Gasteiger partial charge in [0.1, 0.15) is 0 Å². The lowest BCUT2D eigenvalue weighted by Gasteiger charge is -1.90. The Labute approximate surface area is 54.0 Å². The molecule has 0 bridgehead atoms. The molecule has 1 atom stereocenters. The fourth-order valence-electron chi connectivity index (χ4n) is 1.03. The number of allylic oxidation sites excluding steroid dienone is 1. The summed E-state index contributed by atoms with van der Waals surface area (Å²) < 4.78 is 0. The lowest BCUT2D eigenvalue weighted by atomic mass is 10.3. The zero-order valence-corrected chi connectivity index (χ0v) is 5.41. The van der Waals surface area contributed by atoms with Gasteiger partial charge in [-0.05, 0) is 25.3 Å². The Hall–Kier alpha value is -0.950. The van der Waals surface area contributed by atoms with Crippen LogP contribution in [0.4, 0.5) is 0 Å². The molecule has 0 aromatic rings. The molecule has 1 aliphatic rings. The maximum absolute atomic E-state index is 8.04. The minimum Gasteiger partial charge on any atom is -0.0865 e. The second-order valence-electron chi connectivity index (χ2n) is 2.32. The number of hydrogen-bond acceptors (Lipinski definition) is 1. The fourth-order valence-corrected chi connectivity index (χ4v) is 1.03. The van der Waals surface area contributed by atoms with Crippen LogP contribution in [0, 0.1) is 0 Å². The van der Waals surface area contributed by atoms with Gasteiger partial charge in [0.25, 0.3) is 0 Å². The third-order valence-corrected chi connectivity index (χ3v) is 1.51. The van der Waals surface area contributed by atoms with Crippen LogP contribution in [0.5, 0.6) is 0 Å². The van der Waals surface area contributed by atoms with Gasteiger partial charge in [-0.1, -0.05) is 16.8 Å². The van der Waals surface area contributed by atoms with Crippen molar-refractivity contribution < 1.29 is 0 Å². The molecular weight excluding hydrogens is 114 g/mol. The predicted molar refractivity (Wildman–Crippen MR) is 35.9 cm³/mol. The van der Waals surface area contributed by atoms with Crippen LogP contribution in [0.15, 0.2) is 16.8 Å². The van der Waals surface area contributed by atoms with Crippen LogP contribution in [0.2, 0.25) is 0 Å². The van der Waals surface area contributed by atoms with Gasteiger partial charge in [-0.25, -0.2) is 0 Å². The Morgan fingerprint density at radius 3 is 3.11 bits per heavy atom. The summed E-state index contributed by atoms with van der Waals surface area (Å²) in [6.07, 6.45) is 4.11. The molecular formula is C6H9N3. The third-order valence-electron chi connectivity index (χ3n) is 1.51. The van der Waals surface area contributed by atoms with E-state index in [-0.39, 0.29) is 6.04 Å². The quantitative estimate of drug-likeness (QED) is 0.222. The molecule has 0 heterocycles. The Balaban J connectivity index is 2.57. The summed E-state index contributed by atoms with van der Waals surface area (Å²) in [5.41, 5.74) is 9.38. The molecule has 1 aliphatic carbocycles. The third kappa shape index (κ3) is 1.47. The van der Waals surface area contributed by atoms with E-state index < -0.39 is 0 Å². The molecule has 0 saturated heterocycles. The summed E-state index contributed by atoms with van der Waals surface area (Å²) in [6, 6.07) is 0.134. The van der Waals surface area contributed by atoms with Crippen LogP contribution in [0.25, 0.3) is 10.4 Å². The highest BCUT2D eigenvalue weighted by atomic mass is 15.1. The Morgan fingerprint density at radius 1 is 1.89 bits per heavy atom. The monoisotopic (exact) mass is 123 g/mol. The van der Waals surface area contributed by atoms with E-state index in [4.69, 9.17) is 5.53 Å². The molecule has 0 saturated carbocycles. The van der Waals surface area contributed by atoms with Crippen LogP contribution >= 0.6 is 0 Å². The maximum Gasteiger partial charge on any atom is 0.0560 e. The smallest absolute Gasteiger partial charge is 0.0560 e. The molecule has 0 amide bonds. The van der Waals surface area contributed by atoms with Crippen molar-refractivity contribution in [3.8, 4) is 0 Å². The molecule has 0 N–H and O–H groups in total. The Kier molecular flexibility index (Phi) is 1.75. The van der Waals surface area contributed by atoms with Gasteiger partial charge in [0.2, 0.25) is 0 Å². The molecule has 1 unspecified atom stereocenters. The largest absolute Gasteiger partial charge is 0.0865 e. The van der Waals surface area contributed by atoms with Crippen molar-refractivity contribution in [2.45, 2.75) is 25.8 Å². The van der Waals surface area contributed by atoms with Gasteiger partial charge in [0, 0.05) is 4.91 Å². The van der Waals surface area contributed by atoms with Gasteiger partial charge >= 0.3 is 0 Å². The summed E-state index contributed by atoms with van der Waals surface area (Å²) in [4.78, 5) is 2.73. The zero-order valence-electron chi connectivity index (χ0n) is 5.41. The van der Waals surface area contributed by atoms with Gasteiger partial charge in [0.15, 0.2) is 0 Å². The highest BCUT2D eigenvalue weighted by molar-refractivity contribution is 5.11. The van der Waals surface area contributed by atoms with E-state index in [1.807, 2.05) is 6.08 Å². The van der Waals surface area contributed by atoms with Crippen molar-refractivity contribution in [1.82, 2.24) is 0 Å². The molecule has 0 aromatic carbocycles. The van der Waals surface area contributed by atoms with Crippen molar-refractivity contribution in [1.29, 1.82) is 0 Å². The van der Waals surface area contributed by atoms with E-state index >= 15 is 0 Å². The molecule has 1 rings (SSSR count). The zero-order chi connectivity index (χ0) is 6.69. The summed E-state index contributed by atoms with van der Waals surface area (Å²) in [7, 11) is 0. The van der Waals surface area contributed by atoms with Gasteiger partial charge in [-0.3, -0.25) is 0 Å². The highest BCUT2D eigenvalue weighted by Crippen LogP contribution is 2.19. The van der Waals surface area contributed by atoms with E-state index in [1.54, 1.807) is 0 Å². The van der Waals surface area contributed by atoms with Gasteiger partial charge in [0.05, 0.1) is 6.04 Å². The van der Waals surface area contributed by atoms with E-state index in [2.05, 4.69) is 16.9 Å². The molecule has 3 nitrogen and oxygen atoms in total. The number of hydrogen-bond donors (Lipinski definition) is 0. The van der Waals surface area contributed by atoms with Crippen LogP contribution in [0.3, 0.4) is 0 Å². The summed E-state index contributed by atoms with van der Waals surface area (Å²) in [5, 5.41) is 3.58. The first-order valence-electron chi connectivity index (χ1n) is 3.04. The Bertz CT molecular complexity index is 177. The normalized spacial score (nSPS) is 25.0. The first-order valence-corrected chi connectivity index (χ1v) is 3.04. The summed E-state index contributed by atoms with van der Waals surface area (Å²) in [6.45, 7) is 2.06.